The smallest absolute Gasteiger partial charge is 0.343 e. The number of phenols is 2. The van der Waals surface area contributed by atoms with E-state index in [0.717, 1.165) is 50.7 Å². The molecule has 0 saturated carbocycles. The predicted octanol–water partition coefficient (Wildman–Crippen LogP) is 6.67. The van der Waals surface area contributed by atoms with Gasteiger partial charge in [0.25, 0.3) is 0 Å². The molecule has 0 bridgehead atoms. The molecule has 3 rings (SSSR count). The monoisotopic (exact) mass is 522 g/mol. The van der Waals surface area contributed by atoms with Gasteiger partial charge in [0.15, 0.2) is 23.0 Å². The van der Waals surface area contributed by atoms with E-state index in [2.05, 4.69) is 13.8 Å². The van der Waals surface area contributed by atoms with Crippen molar-refractivity contribution >= 4 is 11.9 Å². The lowest BCUT2D eigenvalue weighted by Crippen LogP contribution is -2.10. The fraction of sp³-hybridized carbons (Fsp3) is 0.333. The number of rotatable bonds is 14. The fourth-order valence-electron chi connectivity index (χ4n) is 3.48. The number of phenolic OH excluding ortho intramolecular Hbond substituents is 2. The third-order valence-electron chi connectivity index (χ3n) is 5.66. The Morgan fingerprint density at radius 1 is 0.605 bits per heavy atom. The fourth-order valence-corrected chi connectivity index (χ4v) is 3.48. The Morgan fingerprint density at radius 3 is 1.32 bits per heavy atom. The Morgan fingerprint density at radius 2 is 0.974 bits per heavy atom. The first-order valence-corrected chi connectivity index (χ1v) is 12.9. The van der Waals surface area contributed by atoms with E-state index in [1.165, 1.54) is 0 Å². The lowest BCUT2D eigenvalue weighted by Gasteiger charge is -2.11. The molecule has 38 heavy (non-hydrogen) atoms. The van der Waals surface area contributed by atoms with Crippen molar-refractivity contribution in [3.8, 4) is 34.5 Å². The van der Waals surface area contributed by atoms with Gasteiger partial charge in [-0.25, -0.2) is 9.59 Å². The van der Waals surface area contributed by atoms with Gasteiger partial charge in [-0.3, -0.25) is 0 Å². The molecule has 3 aromatic carbocycles. The second-order valence-electron chi connectivity index (χ2n) is 8.73. The zero-order valence-corrected chi connectivity index (χ0v) is 21.8. The minimum atomic E-state index is -0.737. The summed E-state index contributed by atoms with van der Waals surface area (Å²) in [5.74, 6) is -1.72. The molecule has 0 aromatic heterocycles. The number of hydrogen-bond donors (Lipinski definition) is 2. The summed E-state index contributed by atoms with van der Waals surface area (Å²) in [4.78, 5) is 25.0. The summed E-state index contributed by atoms with van der Waals surface area (Å²) < 4.78 is 21.7. The number of esters is 2. The van der Waals surface area contributed by atoms with E-state index in [4.69, 9.17) is 18.9 Å². The number of aromatic hydroxyl groups is 2. The maximum atomic E-state index is 12.5. The first kappa shape index (κ1) is 28.4. The number of carbonyl (C=O) groups is 2. The van der Waals surface area contributed by atoms with Gasteiger partial charge in [0.2, 0.25) is 0 Å². The molecule has 3 aromatic rings. The molecular weight excluding hydrogens is 488 g/mol. The van der Waals surface area contributed by atoms with Crippen LogP contribution in [-0.2, 0) is 0 Å². The van der Waals surface area contributed by atoms with Crippen molar-refractivity contribution in [2.45, 2.75) is 52.4 Å². The van der Waals surface area contributed by atoms with Crippen molar-refractivity contribution < 1.29 is 38.7 Å². The molecular formula is C30H34O8. The number of ether oxygens (including phenoxy) is 4. The molecule has 0 radical (unpaired) electrons. The minimum Gasteiger partial charge on any atom is -0.504 e. The van der Waals surface area contributed by atoms with Gasteiger partial charge in [-0.15, -0.1) is 0 Å². The van der Waals surface area contributed by atoms with Crippen LogP contribution in [0, 0.1) is 0 Å². The van der Waals surface area contributed by atoms with Gasteiger partial charge >= 0.3 is 11.9 Å². The summed E-state index contributed by atoms with van der Waals surface area (Å²) in [5.41, 5.74) is 0.469. The molecule has 0 heterocycles. The van der Waals surface area contributed by atoms with Gasteiger partial charge in [0, 0.05) is 12.1 Å². The molecule has 0 unspecified atom stereocenters. The average molecular weight is 523 g/mol. The van der Waals surface area contributed by atoms with Crippen LogP contribution in [-0.4, -0.2) is 35.4 Å². The van der Waals surface area contributed by atoms with E-state index in [1.807, 2.05) is 0 Å². The predicted molar refractivity (Wildman–Crippen MR) is 143 cm³/mol. The van der Waals surface area contributed by atoms with Crippen LogP contribution in [0.25, 0.3) is 0 Å². The Bertz CT molecular complexity index is 1090. The van der Waals surface area contributed by atoms with Crippen molar-refractivity contribution in [2.24, 2.45) is 0 Å². The Balaban J connectivity index is 1.57. The SMILES string of the molecule is CCCCCOc1ccc(C(=O)Oc2cc(O)c(OC(=O)c3ccc(OCCCCC)cc3)cc2O)cc1. The second kappa shape index (κ2) is 14.5. The highest BCUT2D eigenvalue weighted by Gasteiger charge is 2.18. The molecule has 0 atom stereocenters. The number of carbonyl (C=O) groups excluding carboxylic acids is 2. The highest BCUT2D eigenvalue weighted by atomic mass is 16.6. The van der Waals surface area contributed by atoms with Gasteiger partial charge in [-0.2, -0.15) is 0 Å². The number of hydrogen-bond acceptors (Lipinski definition) is 8. The van der Waals surface area contributed by atoms with Gasteiger partial charge in [0.1, 0.15) is 11.5 Å². The molecule has 2 N–H and O–H groups in total. The summed E-state index contributed by atoms with van der Waals surface area (Å²) in [6, 6.07) is 14.8. The highest BCUT2D eigenvalue weighted by molar-refractivity contribution is 5.92. The van der Waals surface area contributed by atoms with Crippen LogP contribution < -0.4 is 18.9 Å². The van der Waals surface area contributed by atoms with E-state index < -0.39 is 23.4 Å². The van der Waals surface area contributed by atoms with Crippen LogP contribution in [0.15, 0.2) is 60.7 Å². The summed E-state index contributed by atoms with van der Waals surface area (Å²) >= 11 is 0. The molecule has 0 aliphatic carbocycles. The van der Waals surface area contributed by atoms with E-state index in [9.17, 15) is 19.8 Å². The first-order chi connectivity index (χ1) is 18.4. The second-order valence-corrected chi connectivity index (χ2v) is 8.73. The maximum Gasteiger partial charge on any atom is 0.343 e. The first-order valence-electron chi connectivity index (χ1n) is 12.9. The lowest BCUT2D eigenvalue weighted by molar-refractivity contribution is 0.0711. The number of unbranched alkanes of at least 4 members (excludes halogenated alkanes) is 4. The van der Waals surface area contributed by atoms with E-state index in [0.29, 0.717) is 24.7 Å². The van der Waals surface area contributed by atoms with Crippen molar-refractivity contribution in [3.05, 3.63) is 71.8 Å². The summed E-state index contributed by atoms with van der Waals surface area (Å²) in [5, 5.41) is 20.6. The Kier molecular flexibility index (Phi) is 10.8. The summed E-state index contributed by atoms with van der Waals surface area (Å²) in [7, 11) is 0. The van der Waals surface area contributed by atoms with Crippen LogP contribution in [0.3, 0.4) is 0 Å². The molecule has 8 heteroatoms. The third kappa shape index (κ3) is 8.44. The van der Waals surface area contributed by atoms with Gasteiger partial charge in [-0.1, -0.05) is 39.5 Å². The van der Waals surface area contributed by atoms with Crippen molar-refractivity contribution in [2.75, 3.05) is 13.2 Å². The van der Waals surface area contributed by atoms with Crippen molar-refractivity contribution in [3.63, 3.8) is 0 Å². The Hall–Kier alpha value is -4.20. The molecule has 0 aliphatic rings. The van der Waals surface area contributed by atoms with Crippen molar-refractivity contribution in [1.82, 2.24) is 0 Å². The topological polar surface area (TPSA) is 112 Å². The van der Waals surface area contributed by atoms with Crippen LogP contribution in [0.4, 0.5) is 0 Å². The van der Waals surface area contributed by atoms with Gasteiger partial charge < -0.3 is 29.2 Å². The molecule has 202 valence electrons. The average Bonchev–Trinajstić information content (AvgIpc) is 2.92. The van der Waals surface area contributed by atoms with Gasteiger partial charge in [0.05, 0.1) is 24.3 Å². The molecule has 0 saturated heterocycles. The standard InChI is InChI=1S/C30H34O8/c1-3-5-7-17-35-23-13-9-21(10-14-23)29(33)37-27-19-26(32)28(20-25(27)31)38-30(34)22-11-15-24(16-12-22)36-18-8-6-4-2/h9-16,19-20,31-32H,3-8,17-18H2,1-2H3. The van der Waals surface area contributed by atoms with E-state index in [-0.39, 0.29) is 22.6 Å². The maximum absolute atomic E-state index is 12.5. The lowest BCUT2D eigenvalue weighted by atomic mass is 10.2. The largest absolute Gasteiger partial charge is 0.504 e. The third-order valence-corrected chi connectivity index (χ3v) is 5.66. The van der Waals surface area contributed by atoms with E-state index in [1.54, 1.807) is 48.5 Å². The normalized spacial score (nSPS) is 10.6. The molecule has 0 amide bonds. The van der Waals surface area contributed by atoms with Crippen LogP contribution in [0.2, 0.25) is 0 Å². The zero-order chi connectivity index (χ0) is 27.3. The van der Waals surface area contributed by atoms with Crippen LogP contribution in [0.1, 0.15) is 73.1 Å². The minimum absolute atomic E-state index is 0.234. The quantitative estimate of drug-likeness (QED) is 0.104. The molecule has 0 fully saturated rings. The van der Waals surface area contributed by atoms with Crippen LogP contribution in [0.5, 0.6) is 34.5 Å². The molecule has 8 nitrogen and oxygen atoms in total. The summed E-state index contributed by atoms with van der Waals surface area (Å²) in [6.45, 7) is 5.43. The van der Waals surface area contributed by atoms with E-state index >= 15 is 0 Å². The molecule has 0 aliphatic heterocycles. The van der Waals surface area contributed by atoms with Crippen LogP contribution >= 0.6 is 0 Å². The molecule has 0 spiro atoms. The zero-order valence-electron chi connectivity index (χ0n) is 21.8. The Labute approximate surface area is 222 Å². The highest BCUT2D eigenvalue weighted by Crippen LogP contribution is 2.39. The summed E-state index contributed by atoms with van der Waals surface area (Å²) in [6.07, 6.45) is 6.27. The van der Waals surface area contributed by atoms with Crippen molar-refractivity contribution in [1.29, 1.82) is 0 Å². The number of benzene rings is 3. The van der Waals surface area contributed by atoms with Gasteiger partial charge in [-0.05, 0) is 61.4 Å².